The van der Waals surface area contributed by atoms with Crippen LogP contribution in [0, 0.1) is 0 Å². The Morgan fingerprint density at radius 3 is 2.36 bits per heavy atom. The Morgan fingerprint density at radius 2 is 1.84 bits per heavy atom. The first-order valence-electron chi connectivity index (χ1n) is 7.62. The van der Waals surface area contributed by atoms with Gasteiger partial charge in [0.15, 0.2) is 0 Å². The molecule has 1 fully saturated rings. The van der Waals surface area contributed by atoms with Crippen molar-refractivity contribution in [2.45, 2.75) is 37.6 Å². The molecule has 1 aliphatic heterocycles. The van der Waals surface area contributed by atoms with Gasteiger partial charge >= 0.3 is 5.97 Å². The highest BCUT2D eigenvalue weighted by Crippen LogP contribution is 2.24. The molecule has 9 nitrogen and oxygen atoms in total. The minimum Gasteiger partial charge on any atom is -0.465 e. The molecule has 0 unspecified atom stereocenters. The van der Waals surface area contributed by atoms with Crippen LogP contribution < -0.4 is 10.1 Å². The Balaban J connectivity index is 2.17. The van der Waals surface area contributed by atoms with Crippen molar-refractivity contribution < 1.29 is 39.1 Å². The molecule has 1 aliphatic rings. The van der Waals surface area contributed by atoms with Gasteiger partial charge in [-0.05, 0) is 24.3 Å². The van der Waals surface area contributed by atoms with Gasteiger partial charge in [0.1, 0.15) is 30.1 Å². The lowest BCUT2D eigenvalue weighted by atomic mass is 9.97. The molecule has 9 heteroatoms. The maximum Gasteiger partial charge on any atom is 0.337 e. The van der Waals surface area contributed by atoms with Crippen molar-refractivity contribution in [1.29, 1.82) is 0 Å². The second-order valence-corrected chi connectivity index (χ2v) is 5.57. The van der Waals surface area contributed by atoms with Crippen LogP contribution in [-0.4, -0.2) is 71.6 Å². The van der Waals surface area contributed by atoms with Crippen LogP contribution in [0.1, 0.15) is 17.3 Å². The molecule has 0 spiro atoms. The molecule has 1 aromatic carbocycles. The predicted molar refractivity (Wildman–Crippen MR) is 83.8 cm³/mol. The van der Waals surface area contributed by atoms with E-state index in [1.807, 2.05) is 0 Å². The van der Waals surface area contributed by atoms with Crippen molar-refractivity contribution in [3.8, 4) is 5.75 Å². The second kappa shape index (κ2) is 8.26. The van der Waals surface area contributed by atoms with E-state index in [1.165, 1.54) is 38.3 Å². The van der Waals surface area contributed by atoms with Gasteiger partial charge in [-0.1, -0.05) is 0 Å². The number of aliphatic hydroxyl groups is 3. The van der Waals surface area contributed by atoms with Crippen LogP contribution in [0.2, 0.25) is 0 Å². The molecule has 0 aliphatic carbocycles. The highest BCUT2D eigenvalue weighted by molar-refractivity contribution is 5.89. The van der Waals surface area contributed by atoms with Gasteiger partial charge in [-0.25, -0.2) is 4.79 Å². The zero-order valence-corrected chi connectivity index (χ0v) is 13.8. The van der Waals surface area contributed by atoms with Gasteiger partial charge in [0.05, 0.1) is 19.3 Å². The first-order chi connectivity index (χ1) is 11.9. The number of aliphatic hydroxyl groups excluding tert-OH is 3. The second-order valence-electron chi connectivity index (χ2n) is 5.57. The summed E-state index contributed by atoms with van der Waals surface area (Å²) < 4.78 is 15.7. The van der Waals surface area contributed by atoms with E-state index in [0.29, 0.717) is 11.3 Å². The van der Waals surface area contributed by atoms with E-state index in [9.17, 15) is 24.9 Å². The predicted octanol–water partition coefficient (Wildman–Crippen LogP) is -1.20. The molecule has 2 rings (SSSR count). The normalized spacial score (nSPS) is 28.9. The molecule has 4 N–H and O–H groups in total. The fourth-order valence-electron chi connectivity index (χ4n) is 2.49. The van der Waals surface area contributed by atoms with Crippen molar-refractivity contribution >= 4 is 11.9 Å². The molecule has 1 heterocycles. The van der Waals surface area contributed by atoms with Crippen LogP contribution in [0.3, 0.4) is 0 Å². The summed E-state index contributed by atoms with van der Waals surface area (Å²) in [5.74, 6) is -0.652. The maximum atomic E-state index is 11.4. The summed E-state index contributed by atoms with van der Waals surface area (Å²) >= 11 is 0. The molecular weight excluding hydrogens is 334 g/mol. The Kier molecular flexibility index (Phi) is 6.32. The van der Waals surface area contributed by atoms with E-state index in [-0.39, 0.29) is 0 Å². The zero-order valence-electron chi connectivity index (χ0n) is 13.8. The largest absolute Gasteiger partial charge is 0.465 e. The molecule has 0 bridgehead atoms. The van der Waals surface area contributed by atoms with Gasteiger partial charge in [0.2, 0.25) is 12.2 Å². The minimum atomic E-state index is -1.39. The monoisotopic (exact) mass is 355 g/mol. The summed E-state index contributed by atoms with van der Waals surface area (Å²) in [4.78, 5) is 22.8. The number of esters is 1. The first kappa shape index (κ1) is 19.1. The van der Waals surface area contributed by atoms with Gasteiger partial charge in [0.25, 0.3) is 0 Å². The lowest BCUT2D eigenvalue weighted by Crippen LogP contribution is -2.65. The Morgan fingerprint density at radius 1 is 1.20 bits per heavy atom. The number of carbonyl (C=O) groups excluding carboxylic acids is 2. The Bertz CT molecular complexity index is 605. The summed E-state index contributed by atoms with van der Waals surface area (Å²) in [7, 11) is 1.27. The summed E-state index contributed by atoms with van der Waals surface area (Å²) in [5.41, 5.74) is 0.321. The van der Waals surface area contributed by atoms with E-state index in [2.05, 4.69) is 10.1 Å². The van der Waals surface area contributed by atoms with E-state index in [1.54, 1.807) is 0 Å². The highest BCUT2D eigenvalue weighted by atomic mass is 16.7. The molecule has 0 aromatic heterocycles. The Labute approximate surface area is 144 Å². The molecule has 1 amide bonds. The van der Waals surface area contributed by atoms with Gasteiger partial charge in [0, 0.05) is 6.92 Å². The number of rotatable bonds is 5. The summed E-state index contributed by atoms with van der Waals surface area (Å²) in [6.45, 7) is 0.714. The van der Waals surface area contributed by atoms with Gasteiger partial charge < -0.3 is 34.8 Å². The quantitative estimate of drug-likeness (QED) is 0.484. The third-order valence-corrected chi connectivity index (χ3v) is 3.78. The molecule has 1 saturated heterocycles. The van der Waals surface area contributed by atoms with Crippen molar-refractivity contribution in [3.63, 3.8) is 0 Å². The van der Waals surface area contributed by atoms with Gasteiger partial charge in [-0.2, -0.15) is 0 Å². The summed E-state index contributed by atoms with van der Waals surface area (Å²) in [6, 6.07) is 4.89. The third kappa shape index (κ3) is 4.45. The van der Waals surface area contributed by atoms with E-state index in [4.69, 9.17) is 9.47 Å². The molecule has 138 valence electrons. The lowest BCUT2D eigenvalue weighted by Gasteiger charge is -2.42. The Hall–Kier alpha value is -2.20. The maximum absolute atomic E-state index is 11.4. The van der Waals surface area contributed by atoms with Crippen LogP contribution >= 0.6 is 0 Å². The molecule has 25 heavy (non-hydrogen) atoms. The van der Waals surface area contributed by atoms with Crippen molar-refractivity contribution in [2.24, 2.45) is 0 Å². The molecular formula is C16H21NO8. The summed E-state index contributed by atoms with van der Waals surface area (Å²) in [5, 5.41) is 31.9. The molecule has 0 saturated carbocycles. The fraction of sp³-hybridized carbons (Fsp3) is 0.500. The van der Waals surface area contributed by atoms with Crippen molar-refractivity contribution in [1.82, 2.24) is 5.32 Å². The highest BCUT2D eigenvalue weighted by Gasteiger charge is 2.46. The number of carbonyl (C=O) groups is 2. The number of hydrogen-bond donors (Lipinski definition) is 4. The van der Waals surface area contributed by atoms with Crippen LogP contribution in [0.25, 0.3) is 0 Å². The number of hydrogen-bond acceptors (Lipinski definition) is 8. The standard InChI is InChI=1S/C16H21NO8/c1-8(19)17-12-14(21)13(20)11(7-18)25-16(12)24-10-5-3-9(4-6-10)15(22)23-2/h3-6,11-14,16,18,20-21H,7H2,1-2H3,(H,17,19)/t11-,12+,13-,14+,16-/m1/s1. The SMILES string of the molecule is COC(=O)c1ccc(O[C@@H]2O[C@H](CO)[C@@H](O)[C@@H](O)[C@@H]2NC(C)=O)cc1. The van der Waals surface area contributed by atoms with Crippen LogP contribution in [0.5, 0.6) is 5.75 Å². The number of benzene rings is 1. The first-order valence-corrected chi connectivity index (χ1v) is 7.62. The van der Waals surface area contributed by atoms with Gasteiger partial charge in [-0.3, -0.25) is 4.79 Å². The lowest BCUT2D eigenvalue weighted by molar-refractivity contribution is -0.244. The molecule has 1 aromatic rings. The average molecular weight is 355 g/mol. The van der Waals surface area contributed by atoms with Crippen molar-refractivity contribution in [2.75, 3.05) is 13.7 Å². The van der Waals surface area contributed by atoms with Crippen LogP contribution in [-0.2, 0) is 14.3 Å². The third-order valence-electron chi connectivity index (χ3n) is 3.78. The van der Waals surface area contributed by atoms with Crippen LogP contribution in [0.4, 0.5) is 0 Å². The fourth-order valence-corrected chi connectivity index (χ4v) is 2.49. The molecule has 0 radical (unpaired) electrons. The van der Waals surface area contributed by atoms with E-state index < -0.39 is 49.1 Å². The average Bonchev–Trinajstić information content (AvgIpc) is 2.60. The zero-order chi connectivity index (χ0) is 18.6. The van der Waals surface area contributed by atoms with E-state index in [0.717, 1.165) is 0 Å². The van der Waals surface area contributed by atoms with Crippen LogP contribution in [0.15, 0.2) is 24.3 Å². The summed E-state index contributed by atoms with van der Waals surface area (Å²) in [6.07, 6.45) is -5.00. The van der Waals surface area contributed by atoms with E-state index >= 15 is 0 Å². The smallest absolute Gasteiger partial charge is 0.337 e. The number of amides is 1. The molecule has 5 atom stereocenters. The number of methoxy groups -OCH3 is 1. The topological polar surface area (TPSA) is 135 Å². The number of nitrogens with one attached hydrogen (secondary N) is 1. The number of ether oxygens (including phenoxy) is 3. The van der Waals surface area contributed by atoms with Crippen molar-refractivity contribution in [3.05, 3.63) is 29.8 Å². The minimum absolute atomic E-state index is 0.299. The van der Waals surface area contributed by atoms with Gasteiger partial charge in [-0.15, -0.1) is 0 Å².